The quantitative estimate of drug-likeness (QED) is 0.785. The topological polar surface area (TPSA) is 50.8 Å². The van der Waals surface area contributed by atoms with E-state index in [-0.39, 0.29) is 5.75 Å². The number of ether oxygens (including phenoxy) is 1. The van der Waals surface area contributed by atoms with Gasteiger partial charge in [-0.15, -0.1) is 0 Å². The molecule has 2 heterocycles. The van der Waals surface area contributed by atoms with Crippen molar-refractivity contribution in [3.8, 4) is 17.1 Å². The molecule has 1 aliphatic rings. The van der Waals surface area contributed by atoms with Crippen LogP contribution in [0.4, 0.5) is 4.39 Å². The van der Waals surface area contributed by atoms with Gasteiger partial charge in [0.15, 0.2) is 17.4 Å². The number of H-pyrrole nitrogens is 1. The maximum absolute atomic E-state index is 13.9. The molecule has 3 aromatic rings. The van der Waals surface area contributed by atoms with Crippen molar-refractivity contribution in [2.45, 2.75) is 25.7 Å². The second-order valence-electron chi connectivity index (χ2n) is 5.59. The highest BCUT2D eigenvalue weighted by molar-refractivity contribution is 5.82. The molecule has 5 heteroatoms. The van der Waals surface area contributed by atoms with Crippen LogP contribution in [0.25, 0.3) is 22.4 Å². The number of aryl methyl sites for hydroxylation is 2. The Hall–Kier alpha value is -2.43. The highest BCUT2D eigenvalue weighted by Gasteiger charge is 2.17. The molecule has 0 atom stereocenters. The summed E-state index contributed by atoms with van der Waals surface area (Å²) in [6.07, 6.45) is 6.30. The van der Waals surface area contributed by atoms with Gasteiger partial charge >= 0.3 is 0 Å². The standard InChI is InChI=1S/C17H16FN3O/c1-22-15-7-6-10(8-12(15)18)17-19-9-14-16(21-17)11-4-2-3-5-13(11)20-14/h6-9,20H,2-5H2,1H3. The van der Waals surface area contributed by atoms with E-state index in [1.54, 1.807) is 18.3 Å². The van der Waals surface area contributed by atoms with Gasteiger partial charge in [0.2, 0.25) is 0 Å². The molecule has 0 aliphatic heterocycles. The molecule has 0 radical (unpaired) electrons. The van der Waals surface area contributed by atoms with Crippen LogP contribution in [0.1, 0.15) is 24.1 Å². The Bertz CT molecular complexity index is 856. The fraction of sp³-hybridized carbons (Fsp3) is 0.294. The molecule has 2 aromatic heterocycles. The van der Waals surface area contributed by atoms with Gasteiger partial charge in [0.25, 0.3) is 0 Å². The van der Waals surface area contributed by atoms with Gasteiger partial charge in [-0.1, -0.05) is 0 Å². The normalized spacial score (nSPS) is 14.1. The predicted octanol–water partition coefficient (Wildman–Crippen LogP) is 3.65. The third-order valence-corrected chi connectivity index (χ3v) is 4.24. The van der Waals surface area contributed by atoms with Gasteiger partial charge in [-0.05, 0) is 49.4 Å². The van der Waals surface area contributed by atoms with Gasteiger partial charge in [0, 0.05) is 11.3 Å². The number of nitrogens with zero attached hydrogens (tertiary/aromatic N) is 2. The van der Waals surface area contributed by atoms with Crippen LogP contribution in [0.5, 0.6) is 5.75 Å². The van der Waals surface area contributed by atoms with Gasteiger partial charge in [-0.3, -0.25) is 0 Å². The molecule has 0 amide bonds. The van der Waals surface area contributed by atoms with E-state index in [1.165, 1.54) is 37.3 Å². The van der Waals surface area contributed by atoms with Crippen molar-refractivity contribution in [3.63, 3.8) is 0 Å². The highest BCUT2D eigenvalue weighted by atomic mass is 19.1. The van der Waals surface area contributed by atoms with Crippen molar-refractivity contribution in [3.05, 3.63) is 41.5 Å². The Morgan fingerprint density at radius 1 is 1.23 bits per heavy atom. The summed E-state index contributed by atoms with van der Waals surface area (Å²) in [7, 11) is 1.45. The minimum absolute atomic E-state index is 0.226. The molecule has 0 fully saturated rings. The van der Waals surface area contributed by atoms with E-state index in [0.717, 1.165) is 23.9 Å². The zero-order valence-corrected chi connectivity index (χ0v) is 12.3. The van der Waals surface area contributed by atoms with E-state index in [0.29, 0.717) is 11.4 Å². The third-order valence-electron chi connectivity index (χ3n) is 4.24. The number of aromatic amines is 1. The SMILES string of the molecule is COc1ccc(-c2ncc3[nH]c4c(c3n2)CCCC4)cc1F. The summed E-state index contributed by atoms with van der Waals surface area (Å²) in [5.74, 6) is 0.366. The van der Waals surface area contributed by atoms with E-state index in [4.69, 9.17) is 4.74 Å². The lowest BCUT2D eigenvalue weighted by Crippen LogP contribution is -2.00. The Balaban J connectivity index is 1.83. The van der Waals surface area contributed by atoms with Crippen molar-refractivity contribution < 1.29 is 9.13 Å². The molecule has 0 saturated carbocycles. The van der Waals surface area contributed by atoms with Gasteiger partial charge in [0.1, 0.15) is 0 Å². The minimum Gasteiger partial charge on any atom is -0.494 e. The zero-order chi connectivity index (χ0) is 15.1. The van der Waals surface area contributed by atoms with Gasteiger partial charge < -0.3 is 9.72 Å². The molecular formula is C17H16FN3O. The lowest BCUT2D eigenvalue weighted by Gasteiger charge is -2.10. The average molecular weight is 297 g/mol. The molecule has 0 bridgehead atoms. The van der Waals surface area contributed by atoms with Gasteiger partial charge in [-0.2, -0.15) is 0 Å². The fourth-order valence-corrected chi connectivity index (χ4v) is 3.12. The number of hydrogen-bond donors (Lipinski definition) is 1. The Labute approximate surface area is 127 Å². The molecule has 1 aromatic carbocycles. The monoisotopic (exact) mass is 297 g/mol. The van der Waals surface area contributed by atoms with Crippen molar-refractivity contribution >= 4 is 11.0 Å². The largest absolute Gasteiger partial charge is 0.494 e. The second kappa shape index (κ2) is 5.09. The van der Waals surface area contributed by atoms with Crippen molar-refractivity contribution in [2.24, 2.45) is 0 Å². The first kappa shape index (κ1) is 13.2. The van der Waals surface area contributed by atoms with Gasteiger partial charge in [0.05, 0.1) is 24.3 Å². The van der Waals surface area contributed by atoms with Crippen LogP contribution >= 0.6 is 0 Å². The molecule has 22 heavy (non-hydrogen) atoms. The van der Waals surface area contributed by atoms with Crippen molar-refractivity contribution in [1.82, 2.24) is 15.0 Å². The van der Waals surface area contributed by atoms with Crippen LogP contribution in [-0.2, 0) is 12.8 Å². The molecule has 0 unspecified atom stereocenters. The third kappa shape index (κ3) is 2.04. The molecule has 4 nitrogen and oxygen atoms in total. The summed E-state index contributed by atoms with van der Waals surface area (Å²) in [5.41, 5.74) is 5.15. The van der Waals surface area contributed by atoms with E-state index < -0.39 is 5.82 Å². The highest BCUT2D eigenvalue weighted by Crippen LogP contribution is 2.29. The second-order valence-corrected chi connectivity index (χ2v) is 5.59. The van der Waals surface area contributed by atoms with Crippen LogP contribution in [-0.4, -0.2) is 22.1 Å². The lowest BCUT2D eigenvalue weighted by atomic mass is 9.97. The minimum atomic E-state index is -0.403. The number of halogens is 1. The molecule has 0 spiro atoms. The number of hydrogen-bond acceptors (Lipinski definition) is 3. The average Bonchev–Trinajstić information content (AvgIpc) is 2.92. The van der Waals surface area contributed by atoms with Crippen LogP contribution in [0, 0.1) is 5.82 Å². The molecule has 112 valence electrons. The maximum Gasteiger partial charge on any atom is 0.165 e. The smallest absolute Gasteiger partial charge is 0.165 e. The van der Waals surface area contributed by atoms with Crippen LogP contribution in [0.2, 0.25) is 0 Å². The van der Waals surface area contributed by atoms with E-state index in [1.807, 2.05) is 0 Å². The molecule has 0 saturated heterocycles. The lowest BCUT2D eigenvalue weighted by molar-refractivity contribution is 0.386. The number of methoxy groups -OCH3 is 1. The summed E-state index contributed by atoms with van der Waals surface area (Å²) >= 11 is 0. The number of benzene rings is 1. The summed E-state index contributed by atoms with van der Waals surface area (Å²) in [6.45, 7) is 0. The Morgan fingerprint density at radius 2 is 2.09 bits per heavy atom. The number of fused-ring (bicyclic) bond motifs is 3. The van der Waals surface area contributed by atoms with Crippen LogP contribution in [0.3, 0.4) is 0 Å². The Kier molecular flexibility index (Phi) is 3.06. The first-order valence-corrected chi connectivity index (χ1v) is 7.46. The predicted molar refractivity (Wildman–Crippen MR) is 82.5 cm³/mol. The first-order chi connectivity index (χ1) is 10.8. The Morgan fingerprint density at radius 3 is 2.91 bits per heavy atom. The summed E-state index contributed by atoms with van der Waals surface area (Å²) in [5, 5.41) is 0. The number of rotatable bonds is 2. The molecule has 4 rings (SSSR count). The van der Waals surface area contributed by atoms with Crippen molar-refractivity contribution in [2.75, 3.05) is 7.11 Å². The fourth-order valence-electron chi connectivity index (χ4n) is 3.12. The zero-order valence-electron chi connectivity index (χ0n) is 12.3. The molecular weight excluding hydrogens is 281 g/mol. The summed E-state index contributed by atoms with van der Waals surface area (Å²) in [4.78, 5) is 12.4. The maximum atomic E-state index is 13.9. The molecule has 1 aliphatic carbocycles. The van der Waals surface area contributed by atoms with E-state index in [2.05, 4.69) is 15.0 Å². The summed E-state index contributed by atoms with van der Waals surface area (Å²) < 4.78 is 18.8. The van der Waals surface area contributed by atoms with Crippen LogP contribution in [0.15, 0.2) is 24.4 Å². The van der Waals surface area contributed by atoms with E-state index in [9.17, 15) is 4.39 Å². The van der Waals surface area contributed by atoms with E-state index >= 15 is 0 Å². The first-order valence-electron chi connectivity index (χ1n) is 7.46. The van der Waals surface area contributed by atoms with Crippen LogP contribution < -0.4 is 4.74 Å². The number of nitrogens with one attached hydrogen (secondary N) is 1. The molecule has 1 N–H and O–H groups in total. The summed E-state index contributed by atoms with van der Waals surface area (Å²) in [6, 6.07) is 4.80. The van der Waals surface area contributed by atoms with Crippen molar-refractivity contribution in [1.29, 1.82) is 0 Å². The number of aromatic nitrogens is 3. The van der Waals surface area contributed by atoms with Gasteiger partial charge in [-0.25, -0.2) is 14.4 Å².